The number of nitrogens with one attached hydrogen (secondary N) is 2. The highest BCUT2D eigenvalue weighted by Gasteiger charge is 2.07. The molecule has 0 spiro atoms. The van der Waals surface area contributed by atoms with Gasteiger partial charge in [0.1, 0.15) is 0 Å². The van der Waals surface area contributed by atoms with Crippen LogP contribution in [0.2, 0.25) is 10.0 Å². The van der Waals surface area contributed by atoms with Crippen molar-refractivity contribution < 1.29 is 4.79 Å². The van der Waals surface area contributed by atoms with Crippen LogP contribution in [0.5, 0.6) is 0 Å². The Morgan fingerprint density at radius 2 is 1.89 bits per heavy atom. The van der Waals surface area contributed by atoms with Crippen LogP contribution in [0.3, 0.4) is 0 Å². The molecule has 2 amide bonds. The van der Waals surface area contributed by atoms with Gasteiger partial charge in [-0.3, -0.25) is 0 Å². The van der Waals surface area contributed by atoms with Crippen LogP contribution in [-0.2, 0) is 0 Å². The Kier molecular flexibility index (Phi) is 6.30. The molecule has 1 aromatic rings. The molecule has 0 aromatic heterocycles. The van der Waals surface area contributed by atoms with Crippen LogP contribution in [0.1, 0.15) is 26.7 Å². The minimum absolute atomic E-state index is 0.222. The van der Waals surface area contributed by atoms with E-state index in [1.54, 1.807) is 18.2 Å². The lowest BCUT2D eigenvalue weighted by Crippen LogP contribution is -2.32. The van der Waals surface area contributed by atoms with E-state index in [0.717, 1.165) is 12.8 Å². The van der Waals surface area contributed by atoms with Crippen molar-refractivity contribution in [3.05, 3.63) is 28.2 Å². The van der Waals surface area contributed by atoms with E-state index in [0.29, 0.717) is 28.2 Å². The monoisotopic (exact) mass is 288 g/mol. The summed E-state index contributed by atoms with van der Waals surface area (Å²) in [5.74, 6) is 0.518. The van der Waals surface area contributed by atoms with Gasteiger partial charge in [0.25, 0.3) is 0 Å². The molecule has 18 heavy (non-hydrogen) atoms. The van der Waals surface area contributed by atoms with Gasteiger partial charge in [0.2, 0.25) is 0 Å². The van der Waals surface area contributed by atoms with Gasteiger partial charge < -0.3 is 10.6 Å². The zero-order valence-corrected chi connectivity index (χ0v) is 12.1. The molecular weight excluding hydrogens is 271 g/mol. The summed E-state index contributed by atoms with van der Waals surface area (Å²) in [5, 5.41) is 6.46. The van der Waals surface area contributed by atoms with E-state index in [9.17, 15) is 4.79 Å². The molecule has 0 atom stereocenters. The van der Waals surface area contributed by atoms with E-state index in [-0.39, 0.29) is 6.03 Å². The molecule has 1 rings (SSSR count). The van der Waals surface area contributed by atoms with Crippen molar-refractivity contribution in [2.45, 2.75) is 26.7 Å². The summed E-state index contributed by atoms with van der Waals surface area (Å²) >= 11 is 11.7. The average molecular weight is 289 g/mol. The van der Waals surface area contributed by atoms with Crippen LogP contribution in [0.25, 0.3) is 0 Å². The maximum Gasteiger partial charge on any atom is 0.319 e. The van der Waals surface area contributed by atoms with Crippen molar-refractivity contribution in [1.29, 1.82) is 0 Å². The molecular formula is C13H18Cl2N2O. The number of rotatable bonds is 5. The predicted molar refractivity (Wildman–Crippen MR) is 77.6 cm³/mol. The molecule has 0 radical (unpaired) electrons. The Labute approximate surface area is 118 Å². The molecule has 1 aromatic carbocycles. The van der Waals surface area contributed by atoms with Crippen molar-refractivity contribution >= 4 is 34.9 Å². The average Bonchev–Trinajstić information content (AvgIpc) is 2.35. The first kappa shape index (κ1) is 15.1. The molecule has 0 heterocycles. The van der Waals surface area contributed by atoms with Crippen LogP contribution in [0.4, 0.5) is 10.5 Å². The minimum Gasteiger partial charge on any atom is -0.338 e. The Hall–Kier alpha value is -0.930. The summed E-state index contributed by atoms with van der Waals surface area (Å²) in [4.78, 5) is 11.6. The van der Waals surface area contributed by atoms with Gasteiger partial charge in [-0.15, -0.1) is 0 Å². The summed E-state index contributed by atoms with van der Waals surface area (Å²) in [5.41, 5.74) is 0.631. The van der Waals surface area contributed by atoms with Crippen LogP contribution in [0.15, 0.2) is 18.2 Å². The lowest BCUT2D eigenvalue weighted by molar-refractivity contribution is 0.249. The van der Waals surface area contributed by atoms with E-state index in [1.807, 2.05) is 0 Å². The number of hydrogen-bond acceptors (Lipinski definition) is 1. The number of urea groups is 1. The SMILES string of the molecule is CCC(CC)CNC(=O)Nc1ccc(Cl)c(Cl)c1. The highest BCUT2D eigenvalue weighted by molar-refractivity contribution is 6.42. The fourth-order valence-electron chi connectivity index (χ4n) is 1.56. The van der Waals surface area contributed by atoms with Gasteiger partial charge in [0.05, 0.1) is 10.0 Å². The second-order valence-corrected chi connectivity index (χ2v) is 4.96. The molecule has 0 bridgehead atoms. The predicted octanol–water partition coefficient (Wildman–Crippen LogP) is 4.55. The highest BCUT2D eigenvalue weighted by atomic mass is 35.5. The van der Waals surface area contributed by atoms with E-state index >= 15 is 0 Å². The van der Waals surface area contributed by atoms with Crippen LogP contribution >= 0.6 is 23.2 Å². The second kappa shape index (κ2) is 7.49. The Balaban J connectivity index is 2.46. The maximum absolute atomic E-state index is 11.6. The molecule has 5 heteroatoms. The number of halogens is 2. The van der Waals surface area contributed by atoms with Gasteiger partial charge in [-0.05, 0) is 24.1 Å². The smallest absolute Gasteiger partial charge is 0.319 e. The molecule has 0 aliphatic heterocycles. The Bertz CT molecular complexity index is 406. The lowest BCUT2D eigenvalue weighted by atomic mass is 10.0. The molecule has 0 aliphatic rings. The van der Waals surface area contributed by atoms with Crippen LogP contribution in [-0.4, -0.2) is 12.6 Å². The van der Waals surface area contributed by atoms with Crippen LogP contribution < -0.4 is 10.6 Å². The fraction of sp³-hybridized carbons (Fsp3) is 0.462. The second-order valence-electron chi connectivity index (χ2n) is 4.15. The van der Waals surface area contributed by atoms with Crippen molar-refractivity contribution in [3.63, 3.8) is 0 Å². The van der Waals surface area contributed by atoms with Gasteiger partial charge in [-0.25, -0.2) is 4.79 Å². The van der Waals surface area contributed by atoms with E-state index in [2.05, 4.69) is 24.5 Å². The lowest BCUT2D eigenvalue weighted by Gasteiger charge is -2.14. The topological polar surface area (TPSA) is 41.1 Å². The summed E-state index contributed by atoms with van der Waals surface area (Å²) in [6, 6.07) is 4.77. The third-order valence-electron chi connectivity index (χ3n) is 2.88. The first-order valence-electron chi connectivity index (χ1n) is 6.06. The summed E-state index contributed by atoms with van der Waals surface area (Å²) in [7, 11) is 0. The molecule has 0 aliphatic carbocycles. The first-order valence-corrected chi connectivity index (χ1v) is 6.82. The van der Waals surface area contributed by atoms with E-state index < -0.39 is 0 Å². The van der Waals surface area contributed by atoms with Crippen molar-refractivity contribution in [2.75, 3.05) is 11.9 Å². The normalized spacial score (nSPS) is 10.5. The summed E-state index contributed by atoms with van der Waals surface area (Å²) < 4.78 is 0. The van der Waals surface area contributed by atoms with Gasteiger partial charge >= 0.3 is 6.03 Å². The fourth-order valence-corrected chi connectivity index (χ4v) is 1.86. The summed E-state index contributed by atoms with van der Waals surface area (Å²) in [6.07, 6.45) is 2.12. The van der Waals surface area contributed by atoms with Crippen LogP contribution in [0, 0.1) is 5.92 Å². The first-order chi connectivity index (χ1) is 8.56. The molecule has 0 saturated heterocycles. The number of benzene rings is 1. The standard InChI is InChI=1S/C13H18Cl2N2O/c1-3-9(4-2)8-16-13(18)17-10-5-6-11(14)12(15)7-10/h5-7,9H,3-4,8H2,1-2H3,(H2,16,17,18). The van der Waals surface area contributed by atoms with Gasteiger partial charge in [0, 0.05) is 12.2 Å². The molecule has 3 nitrogen and oxygen atoms in total. The number of carbonyl (C=O) groups excluding carboxylic acids is 1. The maximum atomic E-state index is 11.6. The molecule has 2 N–H and O–H groups in total. The number of anilines is 1. The quantitative estimate of drug-likeness (QED) is 0.820. The number of hydrogen-bond donors (Lipinski definition) is 2. The summed E-state index contributed by atoms with van der Waals surface area (Å²) in [6.45, 7) is 4.92. The third kappa shape index (κ3) is 4.75. The zero-order chi connectivity index (χ0) is 13.5. The number of amides is 2. The zero-order valence-electron chi connectivity index (χ0n) is 10.6. The van der Waals surface area contributed by atoms with Gasteiger partial charge in [-0.1, -0.05) is 49.9 Å². The van der Waals surface area contributed by atoms with E-state index in [4.69, 9.17) is 23.2 Å². The Morgan fingerprint density at radius 3 is 2.44 bits per heavy atom. The molecule has 0 fully saturated rings. The van der Waals surface area contributed by atoms with Crippen molar-refractivity contribution in [1.82, 2.24) is 5.32 Å². The molecule has 100 valence electrons. The van der Waals surface area contributed by atoms with Gasteiger partial charge in [0.15, 0.2) is 0 Å². The number of carbonyl (C=O) groups is 1. The van der Waals surface area contributed by atoms with Gasteiger partial charge in [-0.2, -0.15) is 0 Å². The third-order valence-corrected chi connectivity index (χ3v) is 3.62. The van der Waals surface area contributed by atoms with E-state index in [1.165, 1.54) is 0 Å². The molecule has 0 unspecified atom stereocenters. The van der Waals surface area contributed by atoms with Crippen molar-refractivity contribution in [2.24, 2.45) is 5.92 Å². The Morgan fingerprint density at radius 1 is 1.22 bits per heavy atom. The highest BCUT2D eigenvalue weighted by Crippen LogP contribution is 2.24. The largest absolute Gasteiger partial charge is 0.338 e. The van der Waals surface area contributed by atoms with Crippen molar-refractivity contribution in [3.8, 4) is 0 Å². The minimum atomic E-state index is -0.222. The molecule has 0 saturated carbocycles.